The zero-order valence-corrected chi connectivity index (χ0v) is 18.9. The van der Waals surface area contributed by atoms with Crippen LogP contribution in [0.4, 0.5) is 0 Å². The summed E-state index contributed by atoms with van der Waals surface area (Å²) in [7, 11) is 0. The van der Waals surface area contributed by atoms with E-state index >= 15 is 0 Å². The number of hydrogen-bond donors (Lipinski definition) is 0. The molecule has 0 aromatic carbocycles. The number of hydrogen-bond acceptors (Lipinski definition) is 0. The topological polar surface area (TPSA) is 0 Å². The van der Waals surface area contributed by atoms with Crippen LogP contribution in [0.1, 0.15) is 136 Å². The molecule has 0 saturated heterocycles. The third kappa shape index (κ3) is 6.78. The summed E-state index contributed by atoms with van der Waals surface area (Å²) in [5, 5.41) is 0. The maximum absolute atomic E-state index is 2.37. The average molecular weight is 375 g/mol. The molecule has 3 saturated carbocycles. The first-order valence-corrected chi connectivity index (χ1v) is 13.3. The molecule has 158 valence electrons. The van der Waals surface area contributed by atoms with Gasteiger partial charge in [0.2, 0.25) is 0 Å². The van der Waals surface area contributed by atoms with Gasteiger partial charge in [-0.15, -0.1) is 0 Å². The Labute approximate surface area is 171 Å². The molecule has 0 atom stereocenters. The lowest BCUT2D eigenvalue weighted by atomic mass is 9.64. The third-order valence-corrected chi connectivity index (χ3v) is 9.10. The Morgan fingerprint density at radius 3 is 1.22 bits per heavy atom. The van der Waals surface area contributed by atoms with Gasteiger partial charge in [-0.1, -0.05) is 84.5 Å². The molecule has 0 amide bonds. The minimum atomic E-state index is 1.08. The molecule has 0 heteroatoms. The van der Waals surface area contributed by atoms with E-state index in [1.165, 1.54) is 38.5 Å². The summed E-state index contributed by atoms with van der Waals surface area (Å²) in [6, 6.07) is 0. The summed E-state index contributed by atoms with van der Waals surface area (Å²) in [6.07, 6.45) is 29.2. The summed E-state index contributed by atoms with van der Waals surface area (Å²) >= 11 is 0. The fraction of sp³-hybridized carbons (Fsp3) is 1.00. The molecule has 0 unspecified atom stereocenters. The molecule has 0 aliphatic heterocycles. The van der Waals surface area contributed by atoms with Crippen LogP contribution in [0.15, 0.2) is 0 Å². The molecule has 0 nitrogen and oxygen atoms in total. The minimum Gasteiger partial charge on any atom is -0.0654 e. The van der Waals surface area contributed by atoms with Crippen LogP contribution in [0.3, 0.4) is 0 Å². The smallest absolute Gasteiger partial charge is 0.0386 e. The fourth-order valence-electron chi connectivity index (χ4n) is 7.25. The van der Waals surface area contributed by atoms with E-state index in [9.17, 15) is 0 Å². The first-order chi connectivity index (χ1) is 13.3. The molecule has 0 aromatic heterocycles. The maximum Gasteiger partial charge on any atom is -0.0386 e. The lowest BCUT2D eigenvalue weighted by Crippen LogP contribution is -2.29. The van der Waals surface area contributed by atoms with Gasteiger partial charge in [-0.3, -0.25) is 0 Å². The van der Waals surface area contributed by atoms with E-state index in [1.54, 1.807) is 83.5 Å². The van der Waals surface area contributed by atoms with Crippen molar-refractivity contribution >= 4 is 0 Å². The van der Waals surface area contributed by atoms with Gasteiger partial charge in [-0.05, 0) is 86.9 Å². The van der Waals surface area contributed by atoms with Gasteiger partial charge in [0.1, 0.15) is 0 Å². The fourth-order valence-corrected chi connectivity index (χ4v) is 7.25. The van der Waals surface area contributed by atoms with Gasteiger partial charge < -0.3 is 0 Å². The summed E-state index contributed by atoms with van der Waals surface area (Å²) in [5.41, 5.74) is 0. The Balaban J connectivity index is 1.30. The van der Waals surface area contributed by atoms with E-state index in [4.69, 9.17) is 0 Å². The van der Waals surface area contributed by atoms with Crippen LogP contribution in [0.25, 0.3) is 0 Å². The summed E-state index contributed by atoms with van der Waals surface area (Å²) in [6.45, 7) is 4.70. The van der Waals surface area contributed by atoms with Crippen molar-refractivity contribution in [1.29, 1.82) is 0 Å². The monoisotopic (exact) mass is 374 g/mol. The Morgan fingerprint density at radius 1 is 0.407 bits per heavy atom. The SMILES string of the molecule is CCCCCCC1CCC(C2CCC(C3CCC(CCC)CC3)CC2)CC1. The minimum absolute atomic E-state index is 1.08. The van der Waals surface area contributed by atoms with Gasteiger partial charge in [0.25, 0.3) is 0 Å². The first-order valence-electron chi connectivity index (χ1n) is 13.3. The van der Waals surface area contributed by atoms with Gasteiger partial charge in [-0.25, -0.2) is 0 Å². The Kier molecular flexibility index (Phi) is 9.54. The number of rotatable bonds is 9. The highest BCUT2D eigenvalue weighted by molar-refractivity contribution is 4.85. The van der Waals surface area contributed by atoms with Crippen LogP contribution < -0.4 is 0 Å². The molecule has 0 spiro atoms. The van der Waals surface area contributed by atoms with E-state index in [1.807, 2.05) is 0 Å². The quantitative estimate of drug-likeness (QED) is 0.353. The molecule has 3 rings (SSSR count). The second-order valence-corrected chi connectivity index (χ2v) is 10.9. The van der Waals surface area contributed by atoms with Crippen molar-refractivity contribution in [3.05, 3.63) is 0 Å². The Hall–Kier alpha value is 0. The van der Waals surface area contributed by atoms with Crippen LogP contribution in [0.2, 0.25) is 0 Å². The third-order valence-electron chi connectivity index (χ3n) is 9.10. The lowest BCUT2D eigenvalue weighted by molar-refractivity contribution is 0.102. The van der Waals surface area contributed by atoms with E-state index in [2.05, 4.69) is 13.8 Å². The molecule has 0 N–H and O–H groups in total. The van der Waals surface area contributed by atoms with E-state index < -0.39 is 0 Å². The van der Waals surface area contributed by atoms with Crippen molar-refractivity contribution in [2.45, 2.75) is 136 Å². The standard InChI is InChI=1S/C27H50/c1-3-5-6-7-9-23-12-16-25(17-13-23)27-20-18-26(19-21-27)24-14-10-22(8-4-2)11-15-24/h22-27H,3-21H2,1-2H3. The predicted molar refractivity (Wildman–Crippen MR) is 120 cm³/mol. The van der Waals surface area contributed by atoms with Gasteiger partial charge in [-0.2, -0.15) is 0 Å². The largest absolute Gasteiger partial charge is 0.0654 e. The van der Waals surface area contributed by atoms with Crippen molar-refractivity contribution in [2.75, 3.05) is 0 Å². The van der Waals surface area contributed by atoms with Crippen LogP contribution in [0.5, 0.6) is 0 Å². The van der Waals surface area contributed by atoms with Crippen LogP contribution in [0, 0.1) is 35.5 Å². The van der Waals surface area contributed by atoms with Crippen molar-refractivity contribution in [3.63, 3.8) is 0 Å². The first kappa shape index (κ1) is 21.7. The van der Waals surface area contributed by atoms with E-state index in [0.29, 0.717) is 0 Å². The highest BCUT2D eigenvalue weighted by Gasteiger charge is 2.34. The molecule has 3 aliphatic carbocycles. The molecule has 0 heterocycles. The summed E-state index contributed by atoms with van der Waals surface area (Å²) in [5.74, 6) is 6.61. The predicted octanol–water partition coefficient (Wildman–Crippen LogP) is 9.18. The zero-order valence-electron chi connectivity index (χ0n) is 18.9. The highest BCUT2D eigenvalue weighted by atomic mass is 14.4. The second-order valence-electron chi connectivity index (χ2n) is 10.9. The van der Waals surface area contributed by atoms with Crippen LogP contribution in [-0.2, 0) is 0 Å². The van der Waals surface area contributed by atoms with E-state index in [0.717, 1.165) is 35.5 Å². The zero-order chi connectivity index (χ0) is 18.9. The molecular weight excluding hydrogens is 324 g/mol. The molecule has 0 radical (unpaired) electrons. The normalized spacial score (nSPS) is 38.0. The van der Waals surface area contributed by atoms with Crippen molar-refractivity contribution in [3.8, 4) is 0 Å². The summed E-state index contributed by atoms with van der Waals surface area (Å²) in [4.78, 5) is 0. The molecule has 3 aliphatic rings. The average Bonchev–Trinajstić information content (AvgIpc) is 2.73. The van der Waals surface area contributed by atoms with Crippen molar-refractivity contribution < 1.29 is 0 Å². The molecule has 0 bridgehead atoms. The lowest BCUT2D eigenvalue weighted by Gasteiger charge is -2.41. The maximum atomic E-state index is 2.37. The Bertz CT molecular complexity index is 361. The second kappa shape index (κ2) is 11.9. The highest BCUT2D eigenvalue weighted by Crippen LogP contribution is 2.46. The number of unbranched alkanes of at least 4 members (excludes halogenated alkanes) is 3. The molecule has 27 heavy (non-hydrogen) atoms. The van der Waals surface area contributed by atoms with Crippen LogP contribution >= 0.6 is 0 Å². The van der Waals surface area contributed by atoms with Gasteiger partial charge >= 0.3 is 0 Å². The Morgan fingerprint density at radius 2 is 0.815 bits per heavy atom. The van der Waals surface area contributed by atoms with Gasteiger partial charge in [0.15, 0.2) is 0 Å². The molecule has 3 fully saturated rings. The molecule has 0 aromatic rings. The summed E-state index contributed by atoms with van der Waals surface area (Å²) < 4.78 is 0. The van der Waals surface area contributed by atoms with Crippen LogP contribution in [-0.4, -0.2) is 0 Å². The van der Waals surface area contributed by atoms with Crippen molar-refractivity contribution in [2.24, 2.45) is 35.5 Å². The molecular formula is C27H50. The van der Waals surface area contributed by atoms with Gasteiger partial charge in [0.05, 0.1) is 0 Å². The van der Waals surface area contributed by atoms with Gasteiger partial charge in [0, 0.05) is 0 Å². The van der Waals surface area contributed by atoms with E-state index in [-0.39, 0.29) is 0 Å². The van der Waals surface area contributed by atoms with Crippen molar-refractivity contribution in [1.82, 2.24) is 0 Å².